The van der Waals surface area contributed by atoms with E-state index in [2.05, 4.69) is 15.2 Å². The lowest BCUT2D eigenvalue weighted by Crippen LogP contribution is -1.98. The summed E-state index contributed by atoms with van der Waals surface area (Å²) in [5, 5.41) is 27.3. The van der Waals surface area contributed by atoms with Crippen LogP contribution >= 0.6 is 46.0 Å². The number of H-pyrrole nitrogens is 1. The standard InChI is InChI=1S/C20H17ClIN3O5S/c1-3-30-15-7-10(6-13(22)17(15)26)8-16(19(27)28)31-20-23-18(24-25-20)12-9-11(21)4-5-14(12)29-2/h4-9,26H,3H2,1-2H3,(H,27,28)(H,23,24,25)/b16-8-. The molecule has 0 saturated carbocycles. The molecule has 0 fully saturated rings. The monoisotopic (exact) mass is 573 g/mol. The Morgan fingerprint density at radius 2 is 2.10 bits per heavy atom. The second-order valence-corrected chi connectivity index (χ2v) is 8.62. The summed E-state index contributed by atoms with van der Waals surface area (Å²) in [4.78, 5) is 16.2. The number of thioether (sulfide) groups is 1. The summed E-state index contributed by atoms with van der Waals surface area (Å²) < 4.78 is 11.3. The van der Waals surface area contributed by atoms with E-state index in [9.17, 15) is 15.0 Å². The molecule has 11 heteroatoms. The number of carboxylic acids is 1. The number of aliphatic carboxylic acids is 1. The Kier molecular flexibility index (Phi) is 7.68. The zero-order valence-corrected chi connectivity index (χ0v) is 20.1. The van der Waals surface area contributed by atoms with Gasteiger partial charge in [-0.1, -0.05) is 11.6 Å². The van der Waals surface area contributed by atoms with Crippen molar-refractivity contribution in [2.45, 2.75) is 12.1 Å². The van der Waals surface area contributed by atoms with Crippen LogP contribution in [0, 0.1) is 3.57 Å². The Labute approximate surface area is 200 Å². The number of hydrogen-bond donors (Lipinski definition) is 3. The van der Waals surface area contributed by atoms with Crippen LogP contribution in [-0.4, -0.2) is 45.1 Å². The normalized spacial score (nSPS) is 11.4. The van der Waals surface area contributed by atoms with Crippen LogP contribution in [0.4, 0.5) is 0 Å². The number of aromatic amines is 1. The molecular weight excluding hydrogens is 557 g/mol. The van der Waals surface area contributed by atoms with Crippen molar-refractivity contribution in [2.75, 3.05) is 13.7 Å². The van der Waals surface area contributed by atoms with E-state index in [-0.39, 0.29) is 21.6 Å². The van der Waals surface area contributed by atoms with Crippen LogP contribution in [0.15, 0.2) is 40.4 Å². The Morgan fingerprint density at radius 1 is 1.32 bits per heavy atom. The van der Waals surface area contributed by atoms with Crippen LogP contribution in [0.2, 0.25) is 5.02 Å². The molecule has 0 amide bonds. The van der Waals surface area contributed by atoms with Crippen LogP contribution < -0.4 is 9.47 Å². The van der Waals surface area contributed by atoms with Gasteiger partial charge in [-0.25, -0.2) is 9.78 Å². The first-order valence-electron chi connectivity index (χ1n) is 8.86. The predicted molar refractivity (Wildman–Crippen MR) is 127 cm³/mol. The number of phenols is 1. The van der Waals surface area contributed by atoms with Crippen molar-refractivity contribution in [1.82, 2.24) is 15.2 Å². The number of hydrogen-bond acceptors (Lipinski definition) is 7. The van der Waals surface area contributed by atoms with Crippen molar-refractivity contribution < 1.29 is 24.5 Å². The van der Waals surface area contributed by atoms with Crippen molar-refractivity contribution in [3.05, 3.63) is 49.4 Å². The summed E-state index contributed by atoms with van der Waals surface area (Å²) in [7, 11) is 1.53. The second-order valence-electron chi connectivity index (χ2n) is 6.01. The number of carbonyl (C=O) groups is 1. The number of rotatable bonds is 8. The van der Waals surface area contributed by atoms with Crippen molar-refractivity contribution >= 4 is 58.0 Å². The highest BCUT2D eigenvalue weighted by molar-refractivity contribution is 14.1. The molecule has 3 rings (SSSR count). The molecule has 162 valence electrons. The van der Waals surface area contributed by atoms with Gasteiger partial charge in [-0.05, 0) is 83.2 Å². The fraction of sp³-hybridized carbons (Fsp3) is 0.150. The SMILES string of the molecule is CCOc1cc(/C=C(\Sc2n[nH]c(-c3cc(Cl)ccc3OC)n2)C(=O)O)cc(I)c1O. The summed E-state index contributed by atoms with van der Waals surface area (Å²) in [6.07, 6.45) is 1.47. The van der Waals surface area contributed by atoms with Crippen molar-refractivity contribution in [3.8, 4) is 28.6 Å². The number of carboxylic acid groups (broad SMARTS) is 1. The number of ether oxygens (including phenoxy) is 2. The number of benzene rings is 2. The van der Waals surface area contributed by atoms with E-state index in [4.69, 9.17) is 21.1 Å². The highest BCUT2D eigenvalue weighted by atomic mass is 127. The van der Waals surface area contributed by atoms with Crippen LogP contribution in [0.5, 0.6) is 17.2 Å². The molecule has 3 N–H and O–H groups in total. The number of nitrogens with one attached hydrogen (secondary N) is 1. The summed E-state index contributed by atoms with van der Waals surface area (Å²) >= 11 is 8.91. The summed E-state index contributed by atoms with van der Waals surface area (Å²) in [5.74, 6) is 0.0946. The Balaban J connectivity index is 1.92. The first-order valence-corrected chi connectivity index (χ1v) is 11.1. The van der Waals surface area contributed by atoms with E-state index >= 15 is 0 Å². The largest absolute Gasteiger partial charge is 0.504 e. The minimum Gasteiger partial charge on any atom is -0.504 e. The quantitative estimate of drug-likeness (QED) is 0.194. The third kappa shape index (κ3) is 5.63. The predicted octanol–water partition coefficient (Wildman–Crippen LogP) is 5.06. The van der Waals surface area contributed by atoms with E-state index in [0.29, 0.717) is 37.9 Å². The van der Waals surface area contributed by atoms with Crippen molar-refractivity contribution in [2.24, 2.45) is 0 Å². The molecule has 3 aromatic rings. The average Bonchev–Trinajstić information content (AvgIpc) is 3.19. The summed E-state index contributed by atoms with van der Waals surface area (Å²) in [6, 6.07) is 8.30. The third-order valence-corrected chi connectivity index (χ3v) is 5.88. The smallest absolute Gasteiger partial charge is 0.342 e. The number of halogens is 2. The maximum atomic E-state index is 11.8. The molecule has 0 radical (unpaired) electrons. The van der Waals surface area contributed by atoms with Crippen LogP contribution in [0.3, 0.4) is 0 Å². The Bertz CT molecular complexity index is 1150. The summed E-state index contributed by atoms with van der Waals surface area (Å²) in [6.45, 7) is 2.16. The maximum absolute atomic E-state index is 11.8. The van der Waals surface area contributed by atoms with E-state index in [1.807, 2.05) is 22.6 Å². The van der Waals surface area contributed by atoms with Crippen LogP contribution in [0.25, 0.3) is 17.5 Å². The minimum absolute atomic E-state index is 0.00690. The molecule has 0 saturated heterocycles. The topological polar surface area (TPSA) is 118 Å². The lowest BCUT2D eigenvalue weighted by atomic mass is 10.2. The van der Waals surface area contributed by atoms with Gasteiger partial charge < -0.3 is 19.7 Å². The highest BCUT2D eigenvalue weighted by Gasteiger charge is 2.17. The van der Waals surface area contributed by atoms with E-state index in [0.717, 1.165) is 11.8 Å². The molecular formula is C20H17ClIN3O5S. The minimum atomic E-state index is -1.14. The first kappa shape index (κ1) is 23.2. The second kappa shape index (κ2) is 10.2. The lowest BCUT2D eigenvalue weighted by molar-refractivity contribution is -0.131. The van der Waals surface area contributed by atoms with Gasteiger partial charge in [0, 0.05) is 5.02 Å². The van der Waals surface area contributed by atoms with Gasteiger partial charge in [0.2, 0.25) is 5.16 Å². The third-order valence-electron chi connectivity index (χ3n) is 3.94. The van der Waals surface area contributed by atoms with Gasteiger partial charge in [0.25, 0.3) is 0 Å². The molecule has 0 aliphatic carbocycles. The lowest BCUT2D eigenvalue weighted by Gasteiger charge is -2.09. The first-order chi connectivity index (χ1) is 14.8. The molecule has 1 heterocycles. The Hall–Kier alpha value is -2.44. The summed E-state index contributed by atoms with van der Waals surface area (Å²) in [5.41, 5.74) is 1.16. The molecule has 8 nitrogen and oxygen atoms in total. The zero-order chi connectivity index (χ0) is 22.5. The number of methoxy groups -OCH3 is 1. The number of aromatic nitrogens is 3. The fourth-order valence-corrected chi connectivity index (χ4v) is 4.11. The van der Waals surface area contributed by atoms with Gasteiger partial charge in [0.15, 0.2) is 17.3 Å². The van der Waals surface area contributed by atoms with Gasteiger partial charge >= 0.3 is 5.97 Å². The van der Waals surface area contributed by atoms with Gasteiger partial charge in [-0.3, -0.25) is 5.10 Å². The van der Waals surface area contributed by atoms with Crippen molar-refractivity contribution in [1.29, 1.82) is 0 Å². The van der Waals surface area contributed by atoms with E-state index < -0.39 is 5.97 Å². The Morgan fingerprint density at radius 3 is 2.77 bits per heavy atom. The van der Waals surface area contributed by atoms with Crippen LogP contribution in [0.1, 0.15) is 12.5 Å². The molecule has 31 heavy (non-hydrogen) atoms. The molecule has 0 bridgehead atoms. The highest BCUT2D eigenvalue weighted by Crippen LogP contribution is 2.36. The number of aromatic hydroxyl groups is 1. The van der Waals surface area contributed by atoms with Gasteiger partial charge in [-0.15, -0.1) is 5.10 Å². The maximum Gasteiger partial charge on any atom is 0.342 e. The van der Waals surface area contributed by atoms with E-state index in [1.54, 1.807) is 37.3 Å². The van der Waals surface area contributed by atoms with Crippen LogP contribution in [-0.2, 0) is 4.79 Å². The number of phenolic OH excluding ortho intramolecular Hbond substituents is 1. The fourth-order valence-electron chi connectivity index (χ4n) is 2.60. The molecule has 0 aliphatic rings. The number of nitrogens with zero attached hydrogens (tertiary/aromatic N) is 2. The molecule has 0 spiro atoms. The molecule has 0 atom stereocenters. The van der Waals surface area contributed by atoms with Gasteiger partial charge in [-0.2, -0.15) is 0 Å². The molecule has 0 aliphatic heterocycles. The molecule has 0 unspecified atom stereocenters. The molecule has 2 aromatic carbocycles. The average molecular weight is 574 g/mol. The van der Waals surface area contributed by atoms with E-state index in [1.165, 1.54) is 13.2 Å². The zero-order valence-electron chi connectivity index (χ0n) is 16.3. The van der Waals surface area contributed by atoms with Gasteiger partial charge in [0.05, 0.1) is 22.9 Å². The van der Waals surface area contributed by atoms with Gasteiger partial charge in [0.1, 0.15) is 10.7 Å². The molecule has 1 aromatic heterocycles. The van der Waals surface area contributed by atoms with Crippen molar-refractivity contribution in [3.63, 3.8) is 0 Å².